The lowest BCUT2D eigenvalue weighted by atomic mass is 9.46. The lowest BCUT2D eigenvalue weighted by Gasteiger charge is -2.60. The summed E-state index contributed by atoms with van der Waals surface area (Å²) < 4.78 is 23.4. The van der Waals surface area contributed by atoms with Gasteiger partial charge in [0.2, 0.25) is 6.29 Å². The third-order valence-electron chi connectivity index (χ3n) is 10.1. The summed E-state index contributed by atoms with van der Waals surface area (Å²) in [6, 6.07) is 0. The molecule has 3 aliphatic rings. The van der Waals surface area contributed by atoms with Gasteiger partial charge in [0, 0.05) is 30.9 Å². The summed E-state index contributed by atoms with van der Waals surface area (Å²) >= 11 is 0. The fraction of sp³-hybridized carbons (Fsp3) is 0.767. The number of hydrogen-bond acceptors (Lipinski definition) is 8. The zero-order valence-electron chi connectivity index (χ0n) is 25.2. The summed E-state index contributed by atoms with van der Waals surface area (Å²) in [5.41, 5.74) is 0.730. The third-order valence-corrected chi connectivity index (χ3v) is 14.6. The van der Waals surface area contributed by atoms with E-state index in [-0.39, 0.29) is 46.9 Å². The normalized spacial score (nSPS) is 34.1. The van der Waals surface area contributed by atoms with Crippen molar-refractivity contribution in [3.8, 4) is 0 Å². The predicted octanol–water partition coefficient (Wildman–Crippen LogP) is 5.45. The number of allylic oxidation sites excluding steroid dienone is 1. The lowest BCUT2D eigenvalue weighted by molar-refractivity contribution is -0.192. The molecule has 8 nitrogen and oxygen atoms in total. The van der Waals surface area contributed by atoms with Gasteiger partial charge in [-0.1, -0.05) is 46.8 Å². The molecule has 1 aliphatic heterocycles. The summed E-state index contributed by atoms with van der Waals surface area (Å²) in [5.74, 6) is -1.19. The molecule has 0 aromatic rings. The van der Waals surface area contributed by atoms with E-state index >= 15 is 0 Å². The van der Waals surface area contributed by atoms with Crippen molar-refractivity contribution in [2.75, 3.05) is 6.61 Å². The van der Waals surface area contributed by atoms with Gasteiger partial charge in [-0.05, 0) is 67.5 Å². The number of aliphatic hydroxyl groups is 1. The molecule has 39 heavy (non-hydrogen) atoms. The molecule has 0 spiro atoms. The zero-order chi connectivity index (χ0) is 29.6. The van der Waals surface area contributed by atoms with Crippen molar-refractivity contribution in [1.82, 2.24) is 0 Å². The van der Waals surface area contributed by atoms with E-state index in [4.69, 9.17) is 18.6 Å². The van der Waals surface area contributed by atoms with E-state index in [0.717, 1.165) is 24.8 Å². The summed E-state index contributed by atoms with van der Waals surface area (Å²) in [5, 5.41) is 10.6. The highest BCUT2D eigenvalue weighted by Gasteiger charge is 2.60. The molecule has 2 saturated carbocycles. The van der Waals surface area contributed by atoms with Crippen LogP contribution >= 0.6 is 0 Å². The summed E-state index contributed by atoms with van der Waals surface area (Å²) in [6.07, 6.45) is 2.73. The largest absolute Gasteiger partial charge is 0.465 e. The van der Waals surface area contributed by atoms with Crippen LogP contribution in [0.4, 0.5) is 0 Å². The first kappa shape index (κ1) is 31.6. The molecule has 220 valence electrons. The minimum Gasteiger partial charge on any atom is -0.465 e. The summed E-state index contributed by atoms with van der Waals surface area (Å²) in [7, 11) is -2.31. The number of hydrogen-bond donors (Lipinski definition) is 1. The second-order valence-electron chi connectivity index (χ2n) is 13.8. The highest BCUT2D eigenvalue weighted by molar-refractivity contribution is 6.74. The molecule has 1 heterocycles. The number of cyclic esters (lactones) is 1. The fourth-order valence-corrected chi connectivity index (χ4v) is 8.22. The molecular weight excluding hydrogens is 516 g/mol. The maximum absolute atomic E-state index is 12.1. The Hall–Kier alpha value is -1.97. The average Bonchev–Trinajstić information content (AvgIpc) is 3.13. The Morgan fingerprint density at radius 2 is 1.85 bits per heavy atom. The molecule has 0 saturated heterocycles. The number of ether oxygens (including phenoxy) is 3. The molecule has 0 aromatic heterocycles. The van der Waals surface area contributed by atoms with Crippen LogP contribution in [0, 0.1) is 22.7 Å². The topological polar surface area (TPSA) is 108 Å². The maximum Gasteiger partial charge on any atom is 0.333 e. The summed E-state index contributed by atoms with van der Waals surface area (Å²) in [6.45, 7) is 22.6. The highest BCUT2D eigenvalue weighted by atomic mass is 28.4. The van der Waals surface area contributed by atoms with E-state index in [2.05, 4.69) is 54.3 Å². The fourth-order valence-electron chi connectivity index (χ4n) is 6.92. The minimum atomic E-state index is -2.31. The van der Waals surface area contributed by atoms with Crippen molar-refractivity contribution in [3.63, 3.8) is 0 Å². The number of carbonyl (C=O) groups is 3. The number of aliphatic hydroxyl groups excluding tert-OH is 1. The van der Waals surface area contributed by atoms with Gasteiger partial charge in [-0.3, -0.25) is 9.59 Å². The quantitative estimate of drug-likeness (QED) is 0.179. The van der Waals surface area contributed by atoms with Crippen molar-refractivity contribution in [2.45, 2.75) is 117 Å². The molecule has 3 rings (SSSR count). The maximum atomic E-state index is 12.1. The average molecular weight is 565 g/mol. The molecule has 0 amide bonds. The minimum absolute atomic E-state index is 0.00440. The Morgan fingerprint density at radius 1 is 1.21 bits per heavy atom. The van der Waals surface area contributed by atoms with Crippen LogP contribution in [0.5, 0.6) is 0 Å². The standard InChI is InChI=1S/C30H48O8Si/c1-18-11-12-24-29(7,14-13-25(36-20(3)32)30(24,8)17-35-19(2)31)22(18)16-23(21-15-26(33)37-27(21)34)38-39(9,10)28(4,5)6/h15,22-25,27,34H,1,11-14,16-17H2,2-10H3/t22-,23+,24+,25-,27?,29+,30+/m1/s1. The molecule has 1 N–H and O–H groups in total. The Bertz CT molecular complexity index is 1030. The van der Waals surface area contributed by atoms with E-state index in [1.807, 2.05) is 0 Å². The van der Waals surface area contributed by atoms with Gasteiger partial charge in [0.05, 0.1) is 6.10 Å². The molecule has 0 aromatic carbocycles. The van der Waals surface area contributed by atoms with Gasteiger partial charge in [-0.25, -0.2) is 4.79 Å². The Labute approximate surface area is 234 Å². The van der Waals surface area contributed by atoms with Gasteiger partial charge in [-0.15, -0.1) is 0 Å². The number of esters is 3. The molecule has 1 unspecified atom stereocenters. The first-order chi connectivity index (χ1) is 17.8. The summed E-state index contributed by atoms with van der Waals surface area (Å²) in [4.78, 5) is 36.0. The van der Waals surface area contributed by atoms with E-state index < -0.39 is 32.1 Å². The van der Waals surface area contributed by atoms with E-state index in [0.29, 0.717) is 18.4 Å². The van der Waals surface area contributed by atoms with Crippen LogP contribution in [0.25, 0.3) is 0 Å². The van der Waals surface area contributed by atoms with Crippen LogP contribution < -0.4 is 0 Å². The van der Waals surface area contributed by atoms with Gasteiger partial charge in [0.25, 0.3) is 0 Å². The van der Waals surface area contributed by atoms with Gasteiger partial charge < -0.3 is 23.7 Å². The zero-order valence-corrected chi connectivity index (χ0v) is 26.2. The van der Waals surface area contributed by atoms with Crippen LogP contribution in [0.1, 0.15) is 80.6 Å². The van der Waals surface area contributed by atoms with Crippen LogP contribution in [0.15, 0.2) is 23.8 Å². The van der Waals surface area contributed by atoms with Gasteiger partial charge in [0.15, 0.2) is 8.32 Å². The van der Waals surface area contributed by atoms with E-state index in [1.54, 1.807) is 0 Å². The predicted molar refractivity (Wildman–Crippen MR) is 150 cm³/mol. The molecule has 7 atom stereocenters. The number of rotatable bonds is 8. The Balaban J connectivity index is 2.02. The third kappa shape index (κ3) is 6.35. The Morgan fingerprint density at radius 3 is 2.36 bits per heavy atom. The van der Waals surface area contributed by atoms with Gasteiger partial charge in [0.1, 0.15) is 12.7 Å². The van der Waals surface area contributed by atoms with Crippen molar-refractivity contribution < 1.29 is 38.1 Å². The highest BCUT2D eigenvalue weighted by Crippen LogP contribution is 2.63. The number of carbonyl (C=O) groups excluding carboxylic acids is 3. The van der Waals surface area contributed by atoms with E-state index in [9.17, 15) is 19.5 Å². The first-order valence-corrected chi connectivity index (χ1v) is 17.0. The molecule has 2 aliphatic carbocycles. The molecular formula is C30H48O8Si. The second-order valence-corrected chi connectivity index (χ2v) is 18.5. The molecule has 0 radical (unpaired) electrons. The molecule has 0 bridgehead atoms. The van der Waals surface area contributed by atoms with Crippen LogP contribution in [-0.2, 0) is 33.0 Å². The van der Waals surface area contributed by atoms with Gasteiger partial charge in [-0.2, -0.15) is 0 Å². The monoisotopic (exact) mass is 564 g/mol. The lowest BCUT2D eigenvalue weighted by Crippen LogP contribution is -2.59. The van der Waals surface area contributed by atoms with Crippen LogP contribution in [0.2, 0.25) is 18.1 Å². The van der Waals surface area contributed by atoms with Gasteiger partial charge >= 0.3 is 17.9 Å². The second kappa shape index (κ2) is 11.1. The SMILES string of the molecule is C=C1CC[C@@H]2[C@](C)(COC(C)=O)[C@H](OC(C)=O)CC[C@@]2(C)[C@@H]1C[C@H](O[Si](C)(C)C(C)(C)C)C1=CC(=O)OC1O. The van der Waals surface area contributed by atoms with Crippen molar-refractivity contribution in [1.29, 1.82) is 0 Å². The smallest absolute Gasteiger partial charge is 0.333 e. The molecule has 2 fully saturated rings. The Kier molecular flexibility index (Phi) is 9.00. The van der Waals surface area contributed by atoms with Crippen molar-refractivity contribution in [2.24, 2.45) is 22.7 Å². The van der Waals surface area contributed by atoms with E-state index in [1.165, 1.54) is 19.9 Å². The number of fused-ring (bicyclic) bond motifs is 1. The first-order valence-electron chi connectivity index (χ1n) is 14.1. The van der Waals surface area contributed by atoms with Crippen molar-refractivity contribution in [3.05, 3.63) is 23.8 Å². The van der Waals surface area contributed by atoms with Crippen LogP contribution in [-0.4, -0.2) is 56.4 Å². The van der Waals surface area contributed by atoms with Crippen molar-refractivity contribution >= 4 is 26.2 Å². The molecule has 9 heteroatoms. The van der Waals surface area contributed by atoms with Crippen LogP contribution in [0.3, 0.4) is 0 Å².